The molecule has 1 N–H and O–H groups in total. The molecule has 0 spiro atoms. The number of hydrogen-bond donors (Lipinski definition) is 1. The minimum Gasteiger partial charge on any atom is -0.312 e. The standard InChI is InChI=1S/C12H17ClN2O4S2/c1-9-8-15(6-5-14-9)21(18,19)12-7-10(20(2,16)17)3-4-11(12)13/h3-4,7,9,14H,5-6,8H2,1-2H3. The molecule has 1 aromatic rings. The molecule has 1 unspecified atom stereocenters. The summed E-state index contributed by atoms with van der Waals surface area (Å²) in [5.41, 5.74) is 0. The van der Waals surface area contributed by atoms with Crippen LogP contribution in [0.3, 0.4) is 0 Å². The van der Waals surface area contributed by atoms with Crippen LogP contribution in [0.15, 0.2) is 28.0 Å². The lowest BCUT2D eigenvalue weighted by atomic mass is 10.3. The van der Waals surface area contributed by atoms with Crippen LogP contribution in [-0.2, 0) is 19.9 Å². The number of hydrogen-bond acceptors (Lipinski definition) is 5. The molecule has 0 amide bonds. The number of piperazine rings is 1. The lowest BCUT2D eigenvalue weighted by Gasteiger charge is -2.31. The van der Waals surface area contributed by atoms with E-state index in [0.29, 0.717) is 19.6 Å². The van der Waals surface area contributed by atoms with E-state index in [2.05, 4.69) is 5.32 Å². The summed E-state index contributed by atoms with van der Waals surface area (Å²) in [6, 6.07) is 3.76. The van der Waals surface area contributed by atoms with Crippen LogP contribution < -0.4 is 5.32 Å². The Labute approximate surface area is 130 Å². The van der Waals surface area contributed by atoms with Crippen LogP contribution in [-0.4, -0.2) is 53.1 Å². The quantitative estimate of drug-likeness (QED) is 0.866. The van der Waals surface area contributed by atoms with Crippen LogP contribution in [0.4, 0.5) is 0 Å². The second-order valence-electron chi connectivity index (χ2n) is 5.08. The Morgan fingerprint density at radius 2 is 1.95 bits per heavy atom. The van der Waals surface area contributed by atoms with Crippen LogP contribution in [0.1, 0.15) is 6.92 Å². The molecule has 9 heteroatoms. The van der Waals surface area contributed by atoms with E-state index < -0.39 is 19.9 Å². The van der Waals surface area contributed by atoms with Crippen molar-refractivity contribution in [1.82, 2.24) is 9.62 Å². The Hall–Kier alpha value is -0.670. The van der Waals surface area contributed by atoms with Crippen molar-refractivity contribution >= 4 is 31.5 Å². The summed E-state index contributed by atoms with van der Waals surface area (Å²) in [4.78, 5) is -0.227. The van der Waals surface area contributed by atoms with E-state index in [4.69, 9.17) is 11.6 Å². The van der Waals surface area contributed by atoms with Gasteiger partial charge in [-0.2, -0.15) is 4.31 Å². The summed E-state index contributed by atoms with van der Waals surface area (Å²) >= 11 is 5.97. The first kappa shape index (κ1) is 16.7. The van der Waals surface area contributed by atoms with Crippen molar-refractivity contribution in [2.45, 2.75) is 22.8 Å². The third-order valence-corrected chi connectivity index (χ3v) is 6.74. The normalized spacial score (nSPS) is 21.4. The number of sulfonamides is 1. The molecule has 0 saturated carbocycles. The van der Waals surface area contributed by atoms with Crippen LogP contribution >= 0.6 is 11.6 Å². The summed E-state index contributed by atoms with van der Waals surface area (Å²) in [6.07, 6.45) is 1.03. The summed E-state index contributed by atoms with van der Waals surface area (Å²) in [5.74, 6) is 0. The van der Waals surface area contributed by atoms with Gasteiger partial charge in [-0.15, -0.1) is 0 Å². The predicted octanol–water partition coefficient (Wildman–Crippen LogP) is 0.726. The zero-order valence-corrected chi connectivity index (χ0v) is 14.1. The Balaban J connectivity index is 2.49. The molecule has 118 valence electrons. The molecule has 1 aliphatic heterocycles. The number of halogens is 1. The highest BCUT2D eigenvalue weighted by Gasteiger charge is 2.30. The third kappa shape index (κ3) is 3.57. The molecule has 6 nitrogen and oxygen atoms in total. The summed E-state index contributed by atoms with van der Waals surface area (Å²) in [6.45, 7) is 3.08. The molecule has 0 radical (unpaired) electrons. The van der Waals surface area contributed by atoms with Crippen molar-refractivity contribution in [3.63, 3.8) is 0 Å². The van der Waals surface area contributed by atoms with E-state index in [1.165, 1.54) is 16.4 Å². The SMILES string of the molecule is CC1CN(S(=O)(=O)c2cc(S(C)(=O)=O)ccc2Cl)CCN1. The Morgan fingerprint density at radius 1 is 1.29 bits per heavy atom. The molecule has 1 aliphatic rings. The van der Waals surface area contributed by atoms with E-state index >= 15 is 0 Å². The maximum atomic E-state index is 12.7. The van der Waals surface area contributed by atoms with Crippen LogP contribution in [0.2, 0.25) is 5.02 Å². The highest BCUT2D eigenvalue weighted by molar-refractivity contribution is 7.91. The third-order valence-electron chi connectivity index (χ3n) is 3.28. The van der Waals surface area contributed by atoms with Crippen LogP contribution in [0.5, 0.6) is 0 Å². The average molecular weight is 353 g/mol. The topological polar surface area (TPSA) is 83.6 Å². The highest BCUT2D eigenvalue weighted by atomic mass is 35.5. The Morgan fingerprint density at radius 3 is 2.52 bits per heavy atom. The van der Waals surface area contributed by atoms with Gasteiger partial charge in [0.2, 0.25) is 10.0 Å². The van der Waals surface area contributed by atoms with Crippen molar-refractivity contribution < 1.29 is 16.8 Å². The second kappa shape index (κ2) is 5.85. The van der Waals surface area contributed by atoms with Gasteiger partial charge in [-0.25, -0.2) is 16.8 Å². The van der Waals surface area contributed by atoms with Crippen molar-refractivity contribution in [1.29, 1.82) is 0 Å². The minimum atomic E-state index is -3.81. The van der Waals surface area contributed by atoms with Crippen molar-refractivity contribution in [3.8, 4) is 0 Å². The molecule has 1 fully saturated rings. The first-order valence-corrected chi connectivity index (χ1v) is 10.1. The summed E-state index contributed by atoms with van der Waals surface area (Å²) in [5, 5.41) is 3.17. The van der Waals surface area contributed by atoms with E-state index in [0.717, 1.165) is 12.3 Å². The lowest BCUT2D eigenvalue weighted by Crippen LogP contribution is -2.51. The van der Waals surface area contributed by atoms with Gasteiger partial charge in [-0.3, -0.25) is 0 Å². The summed E-state index contributed by atoms with van der Waals surface area (Å²) < 4.78 is 49.8. The van der Waals surface area contributed by atoms with E-state index in [9.17, 15) is 16.8 Å². The molecule has 1 atom stereocenters. The zero-order valence-electron chi connectivity index (χ0n) is 11.7. The molecular weight excluding hydrogens is 336 g/mol. The molecule has 1 aromatic carbocycles. The van der Waals surface area contributed by atoms with Crippen molar-refractivity contribution in [3.05, 3.63) is 23.2 Å². The number of rotatable bonds is 3. The molecule has 1 saturated heterocycles. The molecule has 0 aromatic heterocycles. The summed E-state index contributed by atoms with van der Waals surface area (Å²) in [7, 11) is -7.31. The van der Waals surface area contributed by atoms with Gasteiger partial charge in [0.05, 0.1) is 9.92 Å². The smallest absolute Gasteiger partial charge is 0.244 e. The largest absolute Gasteiger partial charge is 0.312 e. The van der Waals surface area contributed by atoms with E-state index in [1.54, 1.807) is 0 Å². The van der Waals surface area contributed by atoms with Crippen molar-refractivity contribution in [2.75, 3.05) is 25.9 Å². The lowest BCUT2D eigenvalue weighted by molar-refractivity contribution is 0.310. The number of nitrogens with one attached hydrogen (secondary N) is 1. The van der Waals surface area contributed by atoms with Gasteiger partial charge in [0.1, 0.15) is 4.90 Å². The highest BCUT2D eigenvalue weighted by Crippen LogP contribution is 2.28. The minimum absolute atomic E-state index is 0.0218. The van der Waals surface area contributed by atoms with Gasteiger partial charge in [-0.05, 0) is 25.1 Å². The van der Waals surface area contributed by atoms with Gasteiger partial charge < -0.3 is 5.32 Å². The fourth-order valence-corrected chi connectivity index (χ4v) is 4.92. The number of nitrogens with zero attached hydrogens (tertiary/aromatic N) is 1. The van der Waals surface area contributed by atoms with Gasteiger partial charge in [0, 0.05) is 31.9 Å². The Kier molecular flexibility index (Phi) is 4.65. The van der Waals surface area contributed by atoms with Gasteiger partial charge in [-0.1, -0.05) is 11.6 Å². The molecule has 0 aliphatic carbocycles. The molecule has 21 heavy (non-hydrogen) atoms. The van der Waals surface area contributed by atoms with Crippen LogP contribution in [0.25, 0.3) is 0 Å². The monoisotopic (exact) mass is 352 g/mol. The zero-order chi connectivity index (χ0) is 15.8. The fraction of sp³-hybridized carbons (Fsp3) is 0.500. The van der Waals surface area contributed by atoms with E-state index in [1.807, 2.05) is 6.92 Å². The van der Waals surface area contributed by atoms with Gasteiger partial charge >= 0.3 is 0 Å². The maximum absolute atomic E-state index is 12.7. The number of benzene rings is 1. The first-order valence-electron chi connectivity index (χ1n) is 6.35. The molecule has 2 rings (SSSR count). The predicted molar refractivity (Wildman–Crippen MR) is 80.8 cm³/mol. The Bertz CT molecular complexity index is 747. The first-order chi connectivity index (χ1) is 9.62. The van der Waals surface area contributed by atoms with Crippen molar-refractivity contribution in [2.24, 2.45) is 0 Å². The average Bonchev–Trinajstić information content (AvgIpc) is 2.37. The fourth-order valence-electron chi connectivity index (χ4n) is 2.17. The number of sulfone groups is 1. The molecular formula is C12H17ClN2O4S2. The van der Waals surface area contributed by atoms with Gasteiger partial charge in [0.25, 0.3) is 0 Å². The second-order valence-corrected chi connectivity index (χ2v) is 9.41. The molecule has 1 heterocycles. The maximum Gasteiger partial charge on any atom is 0.244 e. The van der Waals surface area contributed by atoms with Crippen LogP contribution in [0, 0.1) is 0 Å². The molecule has 0 bridgehead atoms. The van der Waals surface area contributed by atoms with E-state index in [-0.39, 0.29) is 20.9 Å². The van der Waals surface area contributed by atoms with Gasteiger partial charge in [0.15, 0.2) is 9.84 Å².